The summed E-state index contributed by atoms with van der Waals surface area (Å²) in [6, 6.07) is 5.90. The Labute approximate surface area is 192 Å². The topological polar surface area (TPSA) is 95.8 Å². The molecule has 0 aliphatic carbocycles. The van der Waals surface area contributed by atoms with E-state index in [0.29, 0.717) is 35.9 Å². The Hall–Kier alpha value is -2.36. The van der Waals surface area contributed by atoms with Crippen molar-refractivity contribution in [3.63, 3.8) is 0 Å². The SMILES string of the molecule is CCOc1ccc(SN2CCC(O)C2)cc1-c1nn2c(C(CC)CC)nc(C)c2c(=O)[nH]1. The van der Waals surface area contributed by atoms with Crippen molar-refractivity contribution in [2.24, 2.45) is 0 Å². The summed E-state index contributed by atoms with van der Waals surface area (Å²) in [5.74, 6) is 2.18. The standard InChI is InChI=1S/C23H31N5O3S/c1-5-15(6-2)22-24-14(4)20-23(30)25-21(26-28(20)22)18-12-17(8-9-19(18)31-7-3)32-27-11-10-16(29)13-27/h8-9,12,15-16,29H,5-7,10-11,13H2,1-4H3,(H,25,26,30). The number of ether oxygens (including phenoxy) is 1. The molecule has 0 saturated carbocycles. The van der Waals surface area contributed by atoms with Gasteiger partial charge in [-0.1, -0.05) is 13.8 Å². The molecule has 2 aromatic heterocycles. The summed E-state index contributed by atoms with van der Waals surface area (Å²) < 4.78 is 9.72. The smallest absolute Gasteiger partial charge is 0.277 e. The molecule has 172 valence electrons. The van der Waals surface area contributed by atoms with E-state index in [1.807, 2.05) is 32.0 Å². The first kappa shape index (κ1) is 22.8. The number of aryl methyl sites for hydroxylation is 1. The number of nitrogens with zero attached hydrogens (tertiary/aromatic N) is 4. The van der Waals surface area contributed by atoms with Crippen molar-refractivity contribution in [3.05, 3.63) is 40.1 Å². The molecule has 3 aromatic rings. The lowest BCUT2D eigenvalue weighted by Crippen LogP contribution is -2.17. The molecular weight excluding hydrogens is 426 g/mol. The molecule has 4 rings (SSSR count). The molecule has 9 heteroatoms. The number of imidazole rings is 1. The van der Waals surface area contributed by atoms with Crippen molar-refractivity contribution in [1.29, 1.82) is 0 Å². The number of nitrogens with one attached hydrogen (secondary N) is 1. The largest absolute Gasteiger partial charge is 0.493 e. The summed E-state index contributed by atoms with van der Waals surface area (Å²) >= 11 is 1.60. The highest BCUT2D eigenvalue weighted by molar-refractivity contribution is 7.97. The lowest BCUT2D eigenvalue weighted by molar-refractivity contribution is 0.190. The van der Waals surface area contributed by atoms with Crippen molar-refractivity contribution >= 4 is 17.5 Å². The third kappa shape index (κ3) is 4.42. The molecule has 1 fully saturated rings. The van der Waals surface area contributed by atoms with Crippen molar-refractivity contribution in [2.45, 2.75) is 63.9 Å². The number of fused-ring (bicyclic) bond motifs is 1. The van der Waals surface area contributed by atoms with E-state index in [2.05, 4.69) is 23.1 Å². The van der Waals surface area contributed by atoms with Gasteiger partial charge in [0.25, 0.3) is 5.56 Å². The summed E-state index contributed by atoms with van der Waals surface area (Å²) in [4.78, 5) is 21.7. The van der Waals surface area contributed by atoms with Crippen molar-refractivity contribution in [3.8, 4) is 17.1 Å². The van der Waals surface area contributed by atoms with Crippen molar-refractivity contribution in [2.75, 3.05) is 19.7 Å². The molecule has 1 atom stereocenters. The van der Waals surface area contributed by atoms with Gasteiger partial charge in [0.15, 0.2) is 11.3 Å². The van der Waals surface area contributed by atoms with Gasteiger partial charge < -0.3 is 14.8 Å². The molecule has 0 spiro atoms. The normalized spacial score (nSPS) is 17.0. The maximum absolute atomic E-state index is 13.0. The molecule has 32 heavy (non-hydrogen) atoms. The fourth-order valence-corrected chi connectivity index (χ4v) is 5.25. The highest BCUT2D eigenvalue weighted by atomic mass is 32.2. The van der Waals surface area contributed by atoms with Gasteiger partial charge in [-0.05, 0) is 63.3 Å². The molecule has 2 N–H and O–H groups in total. The van der Waals surface area contributed by atoms with E-state index < -0.39 is 0 Å². The Morgan fingerprint density at radius 1 is 1.31 bits per heavy atom. The molecule has 8 nitrogen and oxygen atoms in total. The van der Waals surface area contributed by atoms with Crippen LogP contribution in [-0.4, -0.2) is 54.8 Å². The van der Waals surface area contributed by atoms with Crippen LogP contribution >= 0.6 is 11.9 Å². The Bertz CT molecular complexity index is 1150. The second-order valence-corrected chi connectivity index (χ2v) is 9.32. The average molecular weight is 458 g/mol. The van der Waals surface area contributed by atoms with Crippen LogP contribution < -0.4 is 10.3 Å². The quantitative estimate of drug-likeness (QED) is 0.497. The first-order valence-electron chi connectivity index (χ1n) is 11.3. The zero-order valence-electron chi connectivity index (χ0n) is 19.1. The van der Waals surface area contributed by atoms with E-state index >= 15 is 0 Å². The third-order valence-electron chi connectivity index (χ3n) is 5.92. The fraction of sp³-hybridized carbons (Fsp3) is 0.522. The Kier molecular flexibility index (Phi) is 6.88. The molecule has 1 aliphatic heterocycles. The number of rotatable bonds is 8. The van der Waals surface area contributed by atoms with E-state index in [0.717, 1.165) is 42.1 Å². The van der Waals surface area contributed by atoms with E-state index in [9.17, 15) is 9.90 Å². The zero-order chi connectivity index (χ0) is 22.8. The Morgan fingerprint density at radius 3 is 2.75 bits per heavy atom. The predicted molar refractivity (Wildman–Crippen MR) is 126 cm³/mol. The van der Waals surface area contributed by atoms with Gasteiger partial charge in [0.05, 0.1) is 24.0 Å². The number of aliphatic hydroxyl groups is 1. The predicted octanol–water partition coefficient (Wildman–Crippen LogP) is 3.77. The van der Waals surface area contributed by atoms with Crippen molar-refractivity contribution in [1.82, 2.24) is 23.9 Å². The number of aliphatic hydroxyl groups excluding tert-OH is 1. The van der Waals surface area contributed by atoms with E-state index in [4.69, 9.17) is 14.8 Å². The van der Waals surface area contributed by atoms with Crippen LogP contribution in [0.15, 0.2) is 27.9 Å². The molecule has 1 unspecified atom stereocenters. The summed E-state index contributed by atoms with van der Waals surface area (Å²) in [5, 5.41) is 14.7. The van der Waals surface area contributed by atoms with Gasteiger partial charge in [0, 0.05) is 23.9 Å². The van der Waals surface area contributed by atoms with Gasteiger partial charge in [-0.3, -0.25) is 4.79 Å². The van der Waals surface area contributed by atoms with Crippen LogP contribution in [-0.2, 0) is 0 Å². The lowest BCUT2D eigenvalue weighted by Gasteiger charge is -2.16. The van der Waals surface area contributed by atoms with Gasteiger partial charge in [0.1, 0.15) is 11.6 Å². The molecule has 1 aromatic carbocycles. The first-order valence-corrected chi connectivity index (χ1v) is 12.1. The maximum atomic E-state index is 13.0. The van der Waals surface area contributed by atoms with Crippen LogP contribution in [0.25, 0.3) is 16.9 Å². The van der Waals surface area contributed by atoms with E-state index in [-0.39, 0.29) is 17.6 Å². The minimum absolute atomic E-state index is 0.208. The minimum Gasteiger partial charge on any atom is -0.493 e. The molecule has 0 amide bonds. The third-order valence-corrected chi connectivity index (χ3v) is 6.97. The number of aromatic amines is 1. The van der Waals surface area contributed by atoms with Crippen LogP contribution in [0.2, 0.25) is 0 Å². The molecule has 0 bridgehead atoms. The first-order chi connectivity index (χ1) is 15.4. The van der Waals surface area contributed by atoms with Crippen LogP contribution in [0, 0.1) is 6.92 Å². The van der Waals surface area contributed by atoms with Gasteiger partial charge in [-0.25, -0.2) is 13.8 Å². The lowest BCUT2D eigenvalue weighted by atomic mass is 10.0. The second kappa shape index (κ2) is 9.64. The van der Waals surface area contributed by atoms with Crippen molar-refractivity contribution < 1.29 is 9.84 Å². The number of H-pyrrole nitrogens is 1. The monoisotopic (exact) mass is 457 g/mol. The number of hydrogen-bond donors (Lipinski definition) is 2. The fourth-order valence-electron chi connectivity index (χ4n) is 4.21. The zero-order valence-corrected chi connectivity index (χ0v) is 19.9. The summed E-state index contributed by atoms with van der Waals surface area (Å²) in [6.07, 6.45) is 2.35. The number of aromatic nitrogens is 4. The Balaban J connectivity index is 1.82. The molecule has 1 aliphatic rings. The van der Waals surface area contributed by atoms with Gasteiger partial charge in [0.2, 0.25) is 0 Å². The molecule has 3 heterocycles. The second-order valence-electron chi connectivity index (χ2n) is 8.14. The van der Waals surface area contributed by atoms with Crippen LogP contribution in [0.1, 0.15) is 57.5 Å². The number of hydrogen-bond acceptors (Lipinski definition) is 7. The summed E-state index contributed by atoms with van der Waals surface area (Å²) in [5.41, 5.74) is 1.71. The molecule has 0 radical (unpaired) electrons. The molecule has 1 saturated heterocycles. The van der Waals surface area contributed by atoms with Gasteiger partial charge in [-0.2, -0.15) is 0 Å². The highest BCUT2D eigenvalue weighted by Gasteiger charge is 2.23. The highest BCUT2D eigenvalue weighted by Crippen LogP contribution is 2.35. The van der Waals surface area contributed by atoms with Gasteiger partial charge >= 0.3 is 0 Å². The van der Waals surface area contributed by atoms with Crippen LogP contribution in [0.3, 0.4) is 0 Å². The van der Waals surface area contributed by atoms with Crippen LogP contribution in [0.5, 0.6) is 5.75 Å². The summed E-state index contributed by atoms with van der Waals surface area (Å²) in [6.45, 7) is 10.0. The summed E-state index contributed by atoms with van der Waals surface area (Å²) in [7, 11) is 0. The number of benzene rings is 1. The molecular formula is C23H31N5O3S. The van der Waals surface area contributed by atoms with E-state index in [1.54, 1.807) is 16.5 Å². The van der Waals surface area contributed by atoms with Gasteiger partial charge in [-0.15, -0.1) is 5.10 Å². The average Bonchev–Trinajstić information content (AvgIpc) is 3.33. The number of β-amino-alcohol motifs (C(OH)–C–C–N with tert-alkyl or cyclic N) is 1. The maximum Gasteiger partial charge on any atom is 0.277 e. The minimum atomic E-state index is -0.280. The Morgan fingerprint density at radius 2 is 2.09 bits per heavy atom. The van der Waals surface area contributed by atoms with E-state index in [1.165, 1.54) is 0 Å². The van der Waals surface area contributed by atoms with Crippen LogP contribution in [0.4, 0.5) is 0 Å².